The van der Waals surface area contributed by atoms with Gasteiger partial charge in [0.25, 0.3) is 0 Å². The Labute approximate surface area is 201 Å². The van der Waals surface area contributed by atoms with Crippen molar-refractivity contribution in [1.29, 1.82) is 0 Å². The van der Waals surface area contributed by atoms with Crippen LogP contribution >= 0.6 is 0 Å². The first-order valence-electron chi connectivity index (χ1n) is 11.1. The highest BCUT2D eigenvalue weighted by Gasteiger charge is 2.44. The molecular weight excluding hydrogens is 490 g/mol. The van der Waals surface area contributed by atoms with E-state index in [2.05, 4.69) is 30.9 Å². The van der Waals surface area contributed by atoms with Crippen molar-refractivity contribution in [3.63, 3.8) is 0 Å². The van der Waals surface area contributed by atoms with Crippen molar-refractivity contribution in [3.05, 3.63) is 35.4 Å². The Bertz CT molecular complexity index is 1270. The second-order valence-electron chi connectivity index (χ2n) is 9.03. The smallest absolute Gasteiger partial charge is 0.434 e. The molecule has 1 saturated carbocycles. The third-order valence-electron chi connectivity index (χ3n) is 5.99. The molecule has 0 unspecified atom stereocenters. The van der Waals surface area contributed by atoms with E-state index in [1.165, 1.54) is 19.2 Å². The number of rotatable bonds is 7. The molecule has 1 saturated heterocycles. The lowest BCUT2D eigenvalue weighted by atomic mass is 10.1. The lowest BCUT2D eigenvalue weighted by Gasteiger charge is -2.17. The monoisotopic (exact) mass is 513 g/mol. The Morgan fingerprint density at radius 3 is 2.83 bits per heavy atom. The lowest BCUT2D eigenvalue weighted by Crippen LogP contribution is -2.39. The summed E-state index contributed by atoms with van der Waals surface area (Å²) in [5.74, 6) is -0.0823. The van der Waals surface area contributed by atoms with Crippen molar-refractivity contribution in [3.8, 4) is 0 Å². The van der Waals surface area contributed by atoms with E-state index in [0.29, 0.717) is 5.69 Å². The van der Waals surface area contributed by atoms with Gasteiger partial charge < -0.3 is 24.8 Å². The number of anilines is 2. The summed E-state index contributed by atoms with van der Waals surface area (Å²) in [5.41, 5.74) is -0.614. The highest BCUT2D eigenvalue weighted by atomic mass is 19.4. The summed E-state index contributed by atoms with van der Waals surface area (Å²) < 4.78 is 71.8. The molecule has 0 aromatic carbocycles. The van der Waals surface area contributed by atoms with Crippen molar-refractivity contribution in [2.45, 2.75) is 56.5 Å². The van der Waals surface area contributed by atoms with E-state index in [4.69, 9.17) is 14.2 Å². The molecular formula is C21H23F4N7O4. The van der Waals surface area contributed by atoms with Crippen molar-refractivity contribution < 1.29 is 36.6 Å². The number of alkyl carbamates (subject to hydrolysis) is 1. The van der Waals surface area contributed by atoms with Crippen molar-refractivity contribution in [2.75, 3.05) is 19.0 Å². The number of hydrogen-bond donors (Lipinski definition) is 3. The first-order chi connectivity index (χ1) is 17.0. The number of nitrogens with one attached hydrogen (secondary N) is 3. The van der Waals surface area contributed by atoms with E-state index in [-0.39, 0.29) is 41.6 Å². The van der Waals surface area contributed by atoms with Gasteiger partial charge in [-0.05, 0) is 25.8 Å². The van der Waals surface area contributed by atoms with Crippen LogP contribution in [0.1, 0.15) is 43.0 Å². The van der Waals surface area contributed by atoms with Gasteiger partial charge in [-0.15, -0.1) is 0 Å². The molecule has 0 bridgehead atoms. The minimum atomic E-state index is -4.72. The second-order valence-corrected chi connectivity index (χ2v) is 9.03. The molecule has 2 fully saturated rings. The van der Waals surface area contributed by atoms with Gasteiger partial charge >= 0.3 is 12.3 Å². The predicted molar refractivity (Wildman–Crippen MR) is 115 cm³/mol. The van der Waals surface area contributed by atoms with Crippen LogP contribution in [0.2, 0.25) is 0 Å². The van der Waals surface area contributed by atoms with Gasteiger partial charge in [0.1, 0.15) is 11.6 Å². The number of alkyl halides is 4. The Morgan fingerprint density at radius 2 is 2.14 bits per heavy atom. The number of carbonyl (C=O) groups excluding carboxylic acids is 1. The van der Waals surface area contributed by atoms with Gasteiger partial charge in [0.05, 0.1) is 30.8 Å². The molecule has 1 aliphatic carbocycles. The van der Waals surface area contributed by atoms with E-state index in [1.54, 1.807) is 0 Å². The maximum Gasteiger partial charge on any atom is 0.434 e. The second kappa shape index (κ2) is 8.89. The number of nitrogens with zero attached hydrogens (tertiary/aromatic N) is 4. The van der Waals surface area contributed by atoms with Crippen LogP contribution in [-0.2, 0) is 27.0 Å². The van der Waals surface area contributed by atoms with Crippen LogP contribution in [0.15, 0.2) is 18.3 Å². The molecule has 5 rings (SSSR count). The quantitative estimate of drug-likeness (QED) is 0.410. The number of halogens is 4. The summed E-state index contributed by atoms with van der Waals surface area (Å²) in [6.45, 7) is 1.79. The lowest BCUT2D eigenvalue weighted by molar-refractivity contribution is -0.141. The molecule has 3 aromatic rings. The van der Waals surface area contributed by atoms with Gasteiger partial charge in [-0.2, -0.15) is 23.4 Å². The number of carbonyl (C=O) groups is 1. The van der Waals surface area contributed by atoms with Crippen LogP contribution in [0.25, 0.3) is 5.52 Å². The first-order valence-corrected chi connectivity index (χ1v) is 11.1. The zero-order valence-electron chi connectivity index (χ0n) is 19.2. The minimum absolute atomic E-state index is 0.0767. The Hall–Kier alpha value is -3.46. The van der Waals surface area contributed by atoms with Crippen LogP contribution in [0.5, 0.6) is 0 Å². The summed E-state index contributed by atoms with van der Waals surface area (Å²) in [4.78, 5) is 15.7. The molecule has 0 radical (unpaired) electrons. The number of fused-ring (bicyclic) bond motifs is 1. The zero-order valence-corrected chi connectivity index (χ0v) is 19.2. The number of amides is 1. The van der Waals surface area contributed by atoms with Gasteiger partial charge in [0.15, 0.2) is 29.6 Å². The molecule has 3 aromatic heterocycles. The normalized spacial score (nSPS) is 23.1. The Kier molecular flexibility index (Phi) is 5.98. The number of hydrogen-bond acceptors (Lipinski definition) is 8. The fraction of sp³-hybridized carbons (Fsp3) is 0.524. The van der Waals surface area contributed by atoms with Crippen LogP contribution in [-0.4, -0.2) is 62.4 Å². The summed E-state index contributed by atoms with van der Waals surface area (Å²) in [6.07, 6.45) is -6.91. The third-order valence-corrected chi connectivity index (χ3v) is 5.99. The molecule has 1 amide bonds. The minimum Gasteiger partial charge on any atom is -0.441 e. The van der Waals surface area contributed by atoms with E-state index in [0.717, 1.165) is 23.6 Å². The Balaban J connectivity index is 1.32. The van der Waals surface area contributed by atoms with Gasteiger partial charge in [-0.1, -0.05) is 0 Å². The molecule has 2 aliphatic rings. The van der Waals surface area contributed by atoms with Gasteiger partial charge in [0.2, 0.25) is 0 Å². The summed E-state index contributed by atoms with van der Waals surface area (Å²) in [6, 6.07) is 2.91. The van der Waals surface area contributed by atoms with Gasteiger partial charge in [-0.3, -0.25) is 5.10 Å². The molecule has 11 nitrogen and oxygen atoms in total. The molecule has 0 spiro atoms. The Morgan fingerprint density at radius 1 is 1.36 bits per heavy atom. The molecule has 3 N–H and O–H groups in total. The summed E-state index contributed by atoms with van der Waals surface area (Å²) in [5, 5.41) is 16.1. The van der Waals surface area contributed by atoms with Crippen molar-refractivity contribution >= 4 is 23.2 Å². The highest BCUT2D eigenvalue weighted by Crippen LogP contribution is 2.36. The predicted octanol–water partition coefficient (Wildman–Crippen LogP) is 3.42. The average Bonchev–Trinajstić information content (AvgIpc) is 3.14. The number of aromatic nitrogens is 5. The maximum atomic E-state index is 15.0. The fourth-order valence-electron chi connectivity index (χ4n) is 3.82. The van der Waals surface area contributed by atoms with E-state index < -0.39 is 36.3 Å². The molecule has 4 heterocycles. The zero-order chi connectivity index (χ0) is 25.7. The first kappa shape index (κ1) is 24.2. The maximum absolute atomic E-state index is 15.0. The fourth-order valence-corrected chi connectivity index (χ4v) is 3.82. The summed E-state index contributed by atoms with van der Waals surface area (Å²) >= 11 is 0. The number of aromatic amines is 1. The van der Waals surface area contributed by atoms with Crippen molar-refractivity contribution in [2.24, 2.45) is 0 Å². The SMILES string of the molecule is COCc1cc2c(Nc3cc([C@@H]4OC[C@H](OC(=O)NC5(C)CC5)[C@@H]4F)[nH]n3)nc(C(F)(F)F)cn2n1. The van der Waals surface area contributed by atoms with Gasteiger partial charge in [-0.25, -0.2) is 18.7 Å². The van der Waals surface area contributed by atoms with Crippen LogP contribution in [0.3, 0.4) is 0 Å². The van der Waals surface area contributed by atoms with Crippen molar-refractivity contribution in [1.82, 2.24) is 30.1 Å². The van der Waals surface area contributed by atoms with Crippen LogP contribution < -0.4 is 10.6 Å². The van der Waals surface area contributed by atoms with Crippen LogP contribution in [0.4, 0.5) is 34.0 Å². The molecule has 1 aliphatic heterocycles. The number of ether oxygens (including phenoxy) is 3. The molecule has 36 heavy (non-hydrogen) atoms. The number of methoxy groups -OCH3 is 1. The average molecular weight is 513 g/mol. The third kappa shape index (κ3) is 4.93. The van der Waals surface area contributed by atoms with E-state index in [1.807, 2.05) is 6.92 Å². The summed E-state index contributed by atoms with van der Waals surface area (Å²) in [7, 11) is 1.44. The van der Waals surface area contributed by atoms with Gasteiger partial charge in [0, 0.05) is 18.7 Å². The largest absolute Gasteiger partial charge is 0.441 e. The molecule has 194 valence electrons. The van der Waals surface area contributed by atoms with E-state index >= 15 is 0 Å². The standard InChI is InChI=1S/C21H23F4N7O4/c1-20(3-4-20)28-19(33)36-13-9-35-17(16(13)22)11-6-15(30-29-11)27-18-12-5-10(8-34-2)31-32(12)7-14(26-18)21(23,24)25/h5-7,13,16-17H,3-4,8-9H2,1-2H3,(H,28,33)(H2,26,27,29,30)/t13-,16-,17-/m0/s1. The molecule has 15 heteroatoms. The van der Waals surface area contributed by atoms with E-state index in [9.17, 15) is 22.4 Å². The molecule has 3 atom stereocenters. The van der Waals surface area contributed by atoms with Crippen LogP contribution in [0, 0.1) is 0 Å². The topological polar surface area (TPSA) is 128 Å². The number of H-pyrrole nitrogens is 1. The highest BCUT2D eigenvalue weighted by molar-refractivity contribution is 5.73.